The zero-order valence-electron chi connectivity index (χ0n) is 12.4. The number of hydrogen-bond donors (Lipinski definition) is 1. The van der Waals surface area contributed by atoms with E-state index in [2.05, 4.69) is 0 Å². The Labute approximate surface area is 131 Å². The fourth-order valence-electron chi connectivity index (χ4n) is 2.16. The Kier molecular flexibility index (Phi) is 4.89. The number of halogens is 3. The van der Waals surface area contributed by atoms with Gasteiger partial charge in [-0.1, -0.05) is 43.3 Å². The molecule has 0 aliphatic carbocycles. The number of carboxylic acid groups (broad SMARTS) is 1. The lowest BCUT2D eigenvalue weighted by Gasteiger charge is -2.08. The number of carbonyl (C=O) groups is 1. The van der Waals surface area contributed by atoms with E-state index in [1.165, 1.54) is 18.2 Å². The van der Waals surface area contributed by atoms with E-state index in [9.17, 15) is 23.1 Å². The highest BCUT2D eigenvalue weighted by atomic mass is 19.4. The molecule has 5 heteroatoms. The largest absolute Gasteiger partial charge is 0.478 e. The fraction of sp³-hybridized carbons (Fsp3) is 0.167. The van der Waals surface area contributed by atoms with Crippen molar-refractivity contribution in [2.24, 2.45) is 0 Å². The van der Waals surface area contributed by atoms with Crippen LogP contribution in [0.1, 0.15) is 29.2 Å². The fourth-order valence-corrected chi connectivity index (χ4v) is 2.16. The molecule has 0 aliphatic heterocycles. The standard InChI is InChI=1S/C18H15F3O2/c1-2-12-6-8-14(9-7-12)16(17(22)23)11-13-4-3-5-15(10-13)18(19,20)21/h3-11H,2H2,1H3,(H,22,23)/b16-11-. The molecule has 2 nitrogen and oxygen atoms in total. The predicted octanol–water partition coefficient (Wildman–Crippen LogP) is 4.89. The highest BCUT2D eigenvalue weighted by molar-refractivity contribution is 6.20. The molecular formula is C18H15F3O2. The van der Waals surface area contributed by atoms with Gasteiger partial charge in [0, 0.05) is 0 Å². The maximum absolute atomic E-state index is 12.7. The van der Waals surface area contributed by atoms with Crippen molar-refractivity contribution in [2.75, 3.05) is 0 Å². The minimum Gasteiger partial charge on any atom is -0.478 e. The molecule has 0 saturated carbocycles. The van der Waals surface area contributed by atoms with Gasteiger partial charge in [0.1, 0.15) is 0 Å². The zero-order chi connectivity index (χ0) is 17.0. The lowest BCUT2D eigenvalue weighted by Crippen LogP contribution is -2.05. The average molecular weight is 320 g/mol. The Morgan fingerprint density at radius 2 is 1.78 bits per heavy atom. The van der Waals surface area contributed by atoms with Crippen LogP contribution in [0.2, 0.25) is 0 Å². The first-order valence-electron chi connectivity index (χ1n) is 7.03. The van der Waals surface area contributed by atoms with E-state index in [-0.39, 0.29) is 11.1 Å². The van der Waals surface area contributed by atoms with Crippen molar-refractivity contribution in [3.8, 4) is 0 Å². The topological polar surface area (TPSA) is 37.3 Å². The van der Waals surface area contributed by atoms with Gasteiger partial charge in [-0.05, 0) is 41.3 Å². The van der Waals surface area contributed by atoms with E-state index in [1.54, 1.807) is 24.3 Å². The molecule has 2 aromatic rings. The van der Waals surface area contributed by atoms with E-state index in [4.69, 9.17) is 0 Å². The summed E-state index contributed by atoms with van der Waals surface area (Å²) >= 11 is 0. The number of alkyl halides is 3. The molecule has 1 N–H and O–H groups in total. The first kappa shape index (κ1) is 16.8. The number of rotatable bonds is 4. The van der Waals surface area contributed by atoms with Gasteiger partial charge in [-0.2, -0.15) is 13.2 Å². The number of hydrogen-bond acceptors (Lipinski definition) is 1. The second-order valence-electron chi connectivity index (χ2n) is 5.04. The highest BCUT2D eigenvalue weighted by Gasteiger charge is 2.30. The van der Waals surface area contributed by atoms with Crippen molar-refractivity contribution in [1.29, 1.82) is 0 Å². The SMILES string of the molecule is CCc1ccc(/C(=C/c2cccc(C(F)(F)F)c2)C(=O)O)cc1. The summed E-state index contributed by atoms with van der Waals surface area (Å²) in [6.07, 6.45) is -2.39. The van der Waals surface area contributed by atoms with E-state index in [0.29, 0.717) is 5.56 Å². The second kappa shape index (κ2) is 6.69. The van der Waals surface area contributed by atoms with Crippen LogP contribution in [0.3, 0.4) is 0 Å². The first-order valence-corrected chi connectivity index (χ1v) is 7.03. The highest BCUT2D eigenvalue weighted by Crippen LogP contribution is 2.30. The second-order valence-corrected chi connectivity index (χ2v) is 5.04. The minimum atomic E-state index is -4.46. The van der Waals surface area contributed by atoms with Crippen molar-refractivity contribution in [1.82, 2.24) is 0 Å². The Balaban J connectivity index is 2.45. The molecule has 0 unspecified atom stereocenters. The number of carboxylic acids is 1. The van der Waals surface area contributed by atoms with Crippen LogP contribution in [0.4, 0.5) is 13.2 Å². The third kappa shape index (κ3) is 4.22. The van der Waals surface area contributed by atoms with Crippen LogP contribution in [0.25, 0.3) is 11.6 Å². The third-order valence-corrected chi connectivity index (χ3v) is 3.43. The van der Waals surface area contributed by atoms with Gasteiger partial charge in [-0.3, -0.25) is 0 Å². The Hall–Kier alpha value is -2.56. The Bertz CT molecular complexity index is 729. The van der Waals surface area contributed by atoms with Gasteiger partial charge in [-0.15, -0.1) is 0 Å². The molecule has 0 radical (unpaired) electrons. The molecule has 0 bridgehead atoms. The lowest BCUT2D eigenvalue weighted by atomic mass is 10.00. The summed E-state index contributed by atoms with van der Waals surface area (Å²) in [5.74, 6) is -1.19. The molecule has 2 aromatic carbocycles. The lowest BCUT2D eigenvalue weighted by molar-refractivity contribution is -0.137. The quantitative estimate of drug-likeness (QED) is 0.643. The molecule has 0 saturated heterocycles. The molecule has 23 heavy (non-hydrogen) atoms. The van der Waals surface area contributed by atoms with Crippen molar-refractivity contribution < 1.29 is 23.1 Å². The van der Waals surface area contributed by atoms with Crippen LogP contribution in [0.15, 0.2) is 48.5 Å². The summed E-state index contributed by atoms with van der Waals surface area (Å²) in [6, 6.07) is 11.5. The molecule has 0 heterocycles. The van der Waals surface area contributed by atoms with Crippen molar-refractivity contribution in [3.05, 3.63) is 70.8 Å². The molecule has 0 fully saturated rings. The average Bonchev–Trinajstić information content (AvgIpc) is 2.52. The van der Waals surface area contributed by atoms with Gasteiger partial charge in [0.2, 0.25) is 0 Å². The number of aliphatic carboxylic acids is 1. The summed E-state index contributed by atoms with van der Waals surface area (Å²) in [6.45, 7) is 1.98. The van der Waals surface area contributed by atoms with Crippen LogP contribution in [-0.2, 0) is 17.4 Å². The van der Waals surface area contributed by atoms with E-state index in [1.807, 2.05) is 6.92 Å². The van der Waals surface area contributed by atoms with Crippen LogP contribution in [0.5, 0.6) is 0 Å². The van der Waals surface area contributed by atoms with Gasteiger partial charge < -0.3 is 5.11 Å². The Morgan fingerprint density at radius 1 is 1.13 bits per heavy atom. The summed E-state index contributed by atoms with van der Waals surface area (Å²) < 4.78 is 38.2. The van der Waals surface area contributed by atoms with Crippen molar-refractivity contribution in [2.45, 2.75) is 19.5 Å². The molecule has 0 aromatic heterocycles. The predicted molar refractivity (Wildman–Crippen MR) is 82.8 cm³/mol. The van der Waals surface area contributed by atoms with Gasteiger partial charge in [-0.25, -0.2) is 4.79 Å². The van der Waals surface area contributed by atoms with Crippen LogP contribution < -0.4 is 0 Å². The van der Waals surface area contributed by atoms with Gasteiger partial charge in [0.05, 0.1) is 11.1 Å². The normalized spacial score (nSPS) is 12.3. The molecule has 0 atom stereocenters. The minimum absolute atomic E-state index is 0.0491. The molecule has 0 spiro atoms. The maximum atomic E-state index is 12.7. The molecule has 0 aliphatic rings. The number of benzene rings is 2. The third-order valence-electron chi connectivity index (χ3n) is 3.43. The summed E-state index contributed by atoms with van der Waals surface area (Å²) in [7, 11) is 0. The molecule has 2 rings (SSSR count). The van der Waals surface area contributed by atoms with Gasteiger partial charge in [0.25, 0.3) is 0 Å². The van der Waals surface area contributed by atoms with Crippen LogP contribution in [0, 0.1) is 0 Å². The van der Waals surface area contributed by atoms with Crippen molar-refractivity contribution >= 4 is 17.6 Å². The molecule has 120 valence electrons. The van der Waals surface area contributed by atoms with Crippen LogP contribution in [-0.4, -0.2) is 11.1 Å². The molecular weight excluding hydrogens is 305 g/mol. The monoisotopic (exact) mass is 320 g/mol. The number of aryl methyl sites for hydroxylation is 1. The first-order chi connectivity index (χ1) is 10.8. The van der Waals surface area contributed by atoms with E-state index in [0.717, 1.165) is 24.1 Å². The van der Waals surface area contributed by atoms with Gasteiger partial charge >= 0.3 is 12.1 Å². The van der Waals surface area contributed by atoms with Crippen LogP contribution >= 0.6 is 0 Å². The maximum Gasteiger partial charge on any atom is 0.416 e. The summed E-state index contributed by atoms with van der Waals surface area (Å²) in [5, 5.41) is 9.35. The summed E-state index contributed by atoms with van der Waals surface area (Å²) in [5.41, 5.74) is 0.839. The smallest absolute Gasteiger partial charge is 0.416 e. The van der Waals surface area contributed by atoms with Crippen molar-refractivity contribution in [3.63, 3.8) is 0 Å². The summed E-state index contributed by atoms with van der Waals surface area (Å²) in [4.78, 5) is 11.5. The van der Waals surface area contributed by atoms with E-state index >= 15 is 0 Å². The molecule has 0 amide bonds. The van der Waals surface area contributed by atoms with Gasteiger partial charge in [0.15, 0.2) is 0 Å². The van der Waals surface area contributed by atoms with E-state index < -0.39 is 17.7 Å². The zero-order valence-corrected chi connectivity index (χ0v) is 12.4. The Morgan fingerprint density at radius 3 is 2.30 bits per heavy atom.